The van der Waals surface area contributed by atoms with E-state index in [0.717, 1.165) is 5.56 Å². The van der Waals surface area contributed by atoms with E-state index in [4.69, 9.17) is 5.73 Å². The van der Waals surface area contributed by atoms with E-state index in [2.05, 4.69) is 17.2 Å². The first kappa shape index (κ1) is 15.2. The highest BCUT2D eigenvalue weighted by atomic mass is 32.1. The number of hydrogen-bond acceptors (Lipinski definition) is 3. The number of carbonyl (C=O) groups is 1. The molecule has 2 aromatic rings. The number of hydrogen-bond donors (Lipinski definition) is 2. The number of nitrogens with two attached hydrogens (primary N) is 1. The van der Waals surface area contributed by atoms with E-state index in [1.165, 1.54) is 12.1 Å². The van der Waals surface area contributed by atoms with Crippen LogP contribution in [0.4, 0.5) is 4.39 Å². The third-order valence-electron chi connectivity index (χ3n) is 2.94. The Morgan fingerprint density at radius 1 is 1.48 bits per heavy atom. The van der Waals surface area contributed by atoms with Gasteiger partial charge in [0.1, 0.15) is 5.82 Å². The van der Waals surface area contributed by atoms with Crippen molar-refractivity contribution >= 4 is 17.2 Å². The summed E-state index contributed by atoms with van der Waals surface area (Å²) in [4.78, 5) is 12.1. The Kier molecular flexibility index (Phi) is 5.09. The molecule has 1 unspecified atom stereocenters. The van der Waals surface area contributed by atoms with Crippen LogP contribution >= 0.6 is 11.3 Å². The summed E-state index contributed by atoms with van der Waals surface area (Å²) in [7, 11) is 0. The van der Waals surface area contributed by atoms with Gasteiger partial charge in [0, 0.05) is 5.56 Å². The summed E-state index contributed by atoms with van der Waals surface area (Å²) < 4.78 is 14.0. The zero-order valence-electron chi connectivity index (χ0n) is 11.5. The number of nitrogens with one attached hydrogen (secondary N) is 1. The van der Waals surface area contributed by atoms with Gasteiger partial charge in [-0.3, -0.25) is 4.79 Å². The molecule has 108 valence electrons. The largest absolute Gasteiger partial charge is 0.345 e. The minimum atomic E-state index is -0.589. The Bertz CT molecular complexity index is 686. The summed E-state index contributed by atoms with van der Waals surface area (Å²) in [5.41, 5.74) is 6.77. The Labute approximate surface area is 127 Å². The lowest BCUT2D eigenvalue weighted by Crippen LogP contribution is -2.27. The molecule has 1 amide bonds. The van der Waals surface area contributed by atoms with Gasteiger partial charge in [-0.05, 0) is 47.5 Å². The fraction of sp³-hybridized carbons (Fsp3) is 0.188. The van der Waals surface area contributed by atoms with E-state index < -0.39 is 11.7 Å². The van der Waals surface area contributed by atoms with Gasteiger partial charge in [-0.15, -0.1) is 0 Å². The smallest absolute Gasteiger partial charge is 0.254 e. The van der Waals surface area contributed by atoms with Crippen LogP contribution in [0.15, 0.2) is 35.0 Å². The third kappa shape index (κ3) is 3.91. The number of rotatable bonds is 3. The van der Waals surface area contributed by atoms with Crippen molar-refractivity contribution < 1.29 is 9.18 Å². The van der Waals surface area contributed by atoms with E-state index in [1.807, 2.05) is 23.8 Å². The van der Waals surface area contributed by atoms with Crippen LogP contribution in [0.5, 0.6) is 0 Å². The van der Waals surface area contributed by atoms with Crippen LogP contribution in [-0.2, 0) is 0 Å². The van der Waals surface area contributed by atoms with Crippen molar-refractivity contribution in [3.8, 4) is 11.8 Å². The summed E-state index contributed by atoms with van der Waals surface area (Å²) in [6.45, 7) is 2.07. The Morgan fingerprint density at radius 2 is 2.29 bits per heavy atom. The molecule has 0 fully saturated rings. The Hall–Kier alpha value is -2.16. The van der Waals surface area contributed by atoms with Gasteiger partial charge >= 0.3 is 0 Å². The van der Waals surface area contributed by atoms with Gasteiger partial charge in [0.2, 0.25) is 0 Å². The lowest BCUT2D eigenvalue weighted by molar-refractivity contribution is 0.0936. The molecule has 5 heteroatoms. The molecule has 0 saturated carbocycles. The van der Waals surface area contributed by atoms with Crippen LogP contribution < -0.4 is 11.1 Å². The number of carbonyl (C=O) groups excluding carboxylic acids is 1. The number of halogens is 1. The van der Waals surface area contributed by atoms with Crippen molar-refractivity contribution in [1.29, 1.82) is 0 Å². The molecule has 1 aromatic heterocycles. The zero-order valence-corrected chi connectivity index (χ0v) is 12.3. The van der Waals surface area contributed by atoms with Gasteiger partial charge in [0.15, 0.2) is 0 Å². The Balaban J connectivity index is 2.12. The van der Waals surface area contributed by atoms with Crippen LogP contribution in [-0.4, -0.2) is 12.5 Å². The van der Waals surface area contributed by atoms with Crippen molar-refractivity contribution in [3.05, 3.63) is 57.5 Å². The Morgan fingerprint density at radius 3 is 2.90 bits per heavy atom. The van der Waals surface area contributed by atoms with Crippen molar-refractivity contribution in [2.45, 2.75) is 13.0 Å². The first-order chi connectivity index (χ1) is 10.1. The van der Waals surface area contributed by atoms with E-state index in [-0.39, 0.29) is 18.2 Å². The molecule has 1 heterocycles. The molecule has 1 atom stereocenters. The molecule has 3 N–H and O–H groups in total. The summed E-state index contributed by atoms with van der Waals surface area (Å²) in [5.74, 6) is 4.34. The predicted molar refractivity (Wildman–Crippen MR) is 82.5 cm³/mol. The second kappa shape index (κ2) is 7.02. The van der Waals surface area contributed by atoms with Crippen LogP contribution in [0, 0.1) is 17.7 Å². The quantitative estimate of drug-likeness (QED) is 0.857. The number of thiophene rings is 1. The van der Waals surface area contributed by atoms with E-state index in [9.17, 15) is 9.18 Å². The van der Waals surface area contributed by atoms with E-state index in [1.54, 1.807) is 17.4 Å². The highest BCUT2D eigenvalue weighted by Gasteiger charge is 2.15. The second-order valence-corrected chi connectivity index (χ2v) is 5.23. The molecular formula is C16H15FN2OS. The molecule has 21 heavy (non-hydrogen) atoms. The molecule has 0 spiro atoms. The maximum atomic E-state index is 14.0. The van der Waals surface area contributed by atoms with E-state index >= 15 is 0 Å². The summed E-state index contributed by atoms with van der Waals surface area (Å²) in [6.07, 6.45) is 0. The van der Waals surface area contributed by atoms with Gasteiger partial charge in [0.05, 0.1) is 18.2 Å². The van der Waals surface area contributed by atoms with Crippen molar-refractivity contribution in [2.24, 2.45) is 5.73 Å². The lowest BCUT2D eigenvalue weighted by Gasteiger charge is -2.13. The zero-order chi connectivity index (χ0) is 15.2. The van der Waals surface area contributed by atoms with Crippen LogP contribution in [0.2, 0.25) is 0 Å². The molecule has 0 bridgehead atoms. The first-order valence-electron chi connectivity index (χ1n) is 6.43. The topological polar surface area (TPSA) is 55.1 Å². The van der Waals surface area contributed by atoms with Gasteiger partial charge in [-0.1, -0.05) is 11.8 Å². The molecule has 3 nitrogen and oxygen atoms in total. The van der Waals surface area contributed by atoms with Crippen molar-refractivity contribution in [3.63, 3.8) is 0 Å². The molecule has 0 aliphatic heterocycles. The summed E-state index contributed by atoms with van der Waals surface area (Å²) in [6, 6.07) is 6.05. The SMILES string of the molecule is CC(NC(=O)c1ccc(C#CCN)cc1F)c1ccsc1. The highest BCUT2D eigenvalue weighted by Crippen LogP contribution is 2.17. The average Bonchev–Trinajstić information content (AvgIpc) is 2.99. The lowest BCUT2D eigenvalue weighted by atomic mass is 10.1. The maximum Gasteiger partial charge on any atom is 0.254 e. The minimum Gasteiger partial charge on any atom is -0.345 e. The van der Waals surface area contributed by atoms with Gasteiger partial charge in [-0.25, -0.2) is 4.39 Å². The van der Waals surface area contributed by atoms with Crippen molar-refractivity contribution in [2.75, 3.05) is 6.54 Å². The van der Waals surface area contributed by atoms with E-state index in [0.29, 0.717) is 5.56 Å². The third-order valence-corrected chi connectivity index (χ3v) is 3.64. The molecule has 0 radical (unpaired) electrons. The molecular weight excluding hydrogens is 287 g/mol. The number of benzene rings is 1. The average molecular weight is 302 g/mol. The fourth-order valence-electron chi connectivity index (χ4n) is 1.81. The second-order valence-electron chi connectivity index (χ2n) is 4.45. The predicted octanol–water partition coefficient (Wildman–Crippen LogP) is 2.69. The molecule has 0 aliphatic rings. The normalized spacial score (nSPS) is 11.4. The standard InChI is InChI=1S/C16H15FN2OS/c1-11(13-6-8-21-10-13)19-16(20)14-5-4-12(3-2-7-18)9-15(14)17/h4-6,8-11H,7,18H2,1H3,(H,19,20). The minimum absolute atomic E-state index is 0.00961. The van der Waals surface area contributed by atoms with Gasteiger partial charge in [-0.2, -0.15) is 11.3 Å². The summed E-state index contributed by atoms with van der Waals surface area (Å²) >= 11 is 1.55. The maximum absolute atomic E-state index is 14.0. The van der Waals surface area contributed by atoms with Gasteiger partial charge in [0.25, 0.3) is 5.91 Å². The van der Waals surface area contributed by atoms with Gasteiger partial charge < -0.3 is 11.1 Å². The van der Waals surface area contributed by atoms with Crippen LogP contribution in [0.1, 0.15) is 34.5 Å². The molecule has 1 aromatic carbocycles. The fourth-order valence-corrected chi connectivity index (χ4v) is 2.56. The molecule has 0 saturated heterocycles. The molecule has 0 aliphatic carbocycles. The van der Waals surface area contributed by atoms with Crippen LogP contribution in [0.25, 0.3) is 0 Å². The first-order valence-corrected chi connectivity index (χ1v) is 7.37. The highest BCUT2D eigenvalue weighted by molar-refractivity contribution is 7.07. The van der Waals surface area contributed by atoms with Crippen molar-refractivity contribution in [1.82, 2.24) is 5.32 Å². The monoisotopic (exact) mass is 302 g/mol. The summed E-state index contributed by atoms with van der Waals surface area (Å²) in [5, 5.41) is 6.66. The number of amides is 1. The van der Waals surface area contributed by atoms with Crippen LogP contribution in [0.3, 0.4) is 0 Å². The molecule has 2 rings (SSSR count).